The number of rotatable bonds is 5. The highest BCUT2D eigenvalue weighted by atomic mass is 32.2. The zero-order valence-corrected chi connectivity index (χ0v) is 11.6. The number of hydrogen-bond donors (Lipinski definition) is 1. The molecule has 1 saturated heterocycles. The summed E-state index contributed by atoms with van der Waals surface area (Å²) in [6, 6.07) is 0. The number of carbonyl (C=O) groups is 2. The summed E-state index contributed by atoms with van der Waals surface area (Å²) in [6.45, 7) is 3.72. The van der Waals surface area contributed by atoms with E-state index in [1.54, 1.807) is 18.7 Å². The Hall–Kier alpha value is -0.710. The van der Waals surface area contributed by atoms with Crippen molar-refractivity contribution in [3.8, 4) is 0 Å². The summed E-state index contributed by atoms with van der Waals surface area (Å²) in [7, 11) is 1.35. The highest BCUT2D eigenvalue weighted by molar-refractivity contribution is 8.00. The Morgan fingerprint density at radius 3 is 2.71 bits per heavy atom. The van der Waals surface area contributed by atoms with E-state index in [4.69, 9.17) is 4.74 Å². The Morgan fingerprint density at radius 1 is 1.53 bits per heavy atom. The molecule has 17 heavy (non-hydrogen) atoms. The molecule has 1 N–H and O–H groups in total. The first kappa shape index (κ1) is 14.4. The van der Waals surface area contributed by atoms with Crippen molar-refractivity contribution in [2.45, 2.75) is 50.3 Å². The van der Waals surface area contributed by atoms with Crippen molar-refractivity contribution < 1.29 is 14.3 Å². The van der Waals surface area contributed by atoms with Gasteiger partial charge in [0.1, 0.15) is 5.54 Å². The molecule has 0 aliphatic carbocycles. The molecule has 0 aromatic heterocycles. The van der Waals surface area contributed by atoms with Gasteiger partial charge in [0, 0.05) is 0 Å². The zero-order valence-electron chi connectivity index (χ0n) is 10.7. The van der Waals surface area contributed by atoms with Crippen molar-refractivity contribution in [2.24, 2.45) is 0 Å². The van der Waals surface area contributed by atoms with Crippen molar-refractivity contribution >= 4 is 23.6 Å². The largest absolute Gasteiger partial charge is 0.467 e. The van der Waals surface area contributed by atoms with E-state index in [0.29, 0.717) is 6.42 Å². The Bertz CT molecular complexity index is 289. The quantitative estimate of drug-likeness (QED) is 0.764. The lowest BCUT2D eigenvalue weighted by molar-refractivity contribution is -0.150. The Kier molecular flexibility index (Phi) is 5.31. The fraction of sp³-hybridized carbons (Fsp3) is 0.833. The molecule has 1 amide bonds. The summed E-state index contributed by atoms with van der Waals surface area (Å²) in [6.07, 6.45) is 3.40. The van der Waals surface area contributed by atoms with Crippen LogP contribution in [0.2, 0.25) is 0 Å². The summed E-state index contributed by atoms with van der Waals surface area (Å²) < 4.78 is 4.77. The van der Waals surface area contributed by atoms with Gasteiger partial charge in [-0.3, -0.25) is 4.79 Å². The molecule has 1 rings (SSSR count). The van der Waals surface area contributed by atoms with Crippen molar-refractivity contribution in [1.29, 1.82) is 0 Å². The smallest absolute Gasteiger partial charge is 0.331 e. The van der Waals surface area contributed by atoms with Gasteiger partial charge in [0.2, 0.25) is 5.91 Å². The zero-order chi connectivity index (χ0) is 12.9. The minimum atomic E-state index is -0.885. The van der Waals surface area contributed by atoms with Gasteiger partial charge in [-0.25, -0.2) is 4.79 Å². The lowest BCUT2D eigenvalue weighted by atomic mass is 9.96. The third kappa shape index (κ3) is 3.63. The van der Waals surface area contributed by atoms with Gasteiger partial charge in [0.15, 0.2) is 0 Å². The van der Waals surface area contributed by atoms with Crippen LogP contribution in [-0.2, 0) is 14.3 Å². The molecule has 2 atom stereocenters. The molecular weight excluding hydrogens is 238 g/mol. The molecule has 98 valence electrons. The van der Waals surface area contributed by atoms with Crippen LogP contribution in [0.15, 0.2) is 0 Å². The Labute approximate surface area is 107 Å². The second kappa shape index (κ2) is 6.28. The highest BCUT2D eigenvalue weighted by Gasteiger charge is 2.37. The predicted octanol–water partition coefficient (Wildman–Crippen LogP) is 1.73. The summed E-state index contributed by atoms with van der Waals surface area (Å²) in [4.78, 5) is 23.7. The Morgan fingerprint density at radius 2 is 2.24 bits per heavy atom. The molecule has 0 spiro atoms. The van der Waals surface area contributed by atoms with Gasteiger partial charge in [-0.15, -0.1) is 11.8 Å². The van der Waals surface area contributed by atoms with E-state index >= 15 is 0 Å². The second-order valence-corrected chi connectivity index (χ2v) is 5.88. The third-order valence-corrected chi connectivity index (χ3v) is 4.38. The van der Waals surface area contributed by atoms with Crippen LogP contribution in [0.4, 0.5) is 0 Å². The maximum Gasteiger partial charge on any atom is 0.331 e. The molecule has 4 nitrogen and oxygen atoms in total. The van der Waals surface area contributed by atoms with Crippen LogP contribution in [0.5, 0.6) is 0 Å². The predicted molar refractivity (Wildman–Crippen MR) is 69.0 cm³/mol. The van der Waals surface area contributed by atoms with Crippen LogP contribution in [-0.4, -0.2) is 35.5 Å². The minimum Gasteiger partial charge on any atom is -0.467 e. The lowest BCUT2D eigenvalue weighted by Gasteiger charge is -2.28. The number of carbonyl (C=O) groups excluding carboxylic acids is 2. The van der Waals surface area contributed by atoms with Crippen LogP contribution in [0.3, 0.4) is 0 Å². The monoisotopic (exact) mass is 259 g/mol. The molecule has 0 bridgehead atoms. The van der Waals surface area contributed by atoms with Gasteiger partial charge in [-0.2, -0.15) is 0 Å². The Balaban J connectivity index is 2.65. The fourth-order valence-corrected chi connectivity index (χ4v) is 3.24. The topological polar surface area (TPSA) is 55.4 Å². The van der Waals surface area contributed by atoms with Gasteiger partial charge in [-0.1, -0.05) is 13.3 Å². The maximum absolute atomic E-state index is 12.0. The molecule has 0 aromatic rings. The molecule has 5 heteroatoms. The van der Waals surface area contributed by atoms with Gasteiger partial charge in [0.05, 0.1) is 12.4 Å². The van der Waals surface area contributed by atoms with Crippen molar-refractivity contribution in [2.75, 3.05) is 12.9 Å². The number of hydrogen-bond acceptors (Lipinski definition) is 4. The summed E-state index contributed by atoms with van der Waals surface area (Å²) in [5.74, 6) is 0.630. The number of thioether (sulfide) groups is 1. The molecule has 0 aromatic carbocycles. The van der Waals surface area contributed by atoms with Crippen LogP contribution >= 0.6 is 11.8 Å². The SMILES string of the molecule is CCCC(C)(NC(=O)C1CCCS1)C(=O)OC. The van der Waals surface area contributed by atoms with Gasteiger partial charge in [0.25, 0.3) is 0 Å². The standard InChI is InChI=1S/C12H21NO3S/c1-4-7-12(2,11(15)16-3)13-10(14)9-6-5-8-17-9/h9H,4-8H2,1-3H3,(H,13,14). The van der Waals surface area contributed by atoms with E-state index in [9.17, 15) is 9.59 Å². The van der Waals surface area contributed by atoms with E-state index < -0.39 is 5.54 Å². The van der Waals surface area contributed by atoms with E-state index in [1.807, 2.05) is 6.92 Å². The number of methoxy groups -OCH3 is 1. The summed E-state index contributed by atoms with van der Waals surface area (Å²) in [5, 5.41) is 2.85. The minimum absolute atomic E-state index is 0.00385. The first-order valence-electron chi connectivity index (χ1n) is 6.05. The fourth-order valence-electron chi connectivity index (χ4n) is 2.08. The van der Waals surface area contributed by atoms with Crippen LogP contribution in [0, 0.1) is 0 Å². The number of amides is 1. The molecule has 1 fully saturated rings. The van der Waals surface area contributed by atoms with E-state index in [1.165, 1.54) is 7.11 Å². The number of esters is 1. The summed E-state index contributed by atoms with van der Waals surface area (Å²) >= 11 is 1.66. The molecule has 1 aliphatic rings. The molecular formula is C12H21NO3S. The average molecular weight is 259 g/mol. The van der Waals surface area contributed by atoms with Gasteiger partial charge < -0.3 is 10.1 Å². The third-order valence-electron chi connectivity index (χ3n) is 3.01. The average Bonchev–Trinajstić information content (AvgIpc) is 2.81. The molecule has 0 radical (unpaired) electrons. The van der Waals surface area contributed by atoms with Crippen molar-refractivity contribution in [3.63, 3.8) is 0 Å². The van der Waals surface area contributed by atoms with Crippen LogP contribution in [0.1, 0.15) is 39.5 Å². The number of ether oxygens (including phenoxy) is 1. The highest BCUT2D eigenvalue weighted by Crippen LogP contribution is 2.27. The molecule has 1 heterocycles. The lowest BCUT2D eigenvalue weighted by Crippen LogP contribution is -2.54. The summed E-state index contributed by atoms with van der Waals surface area (Å²) in [5.41, 5.74) is -0.885. The van der Waals surface area contributed by atoms with E-state index in [-0.39, 0.29) is 17.1 Å². The molecule has 1 aliphatic heterocycles. The van der Waals surface area contributed by atoms with E-state index in [0.717, 1.165) is 25.0 Å². The first-order chi connectivity index (χ1) is 8.03. The number of nitrogens with one attached hydrogen (secondary N) is 1. The van der Waals surface area contributed by atoms with Crippen LogP contribution < -0.4 is 5.32 Å². The first-order valence-corrected chi connectivity index (χ1v) is 7.10. The van der Waals surface area contributed by atoms with Crippen LogP contribution in [0.25, 0.3) is 0 Å². The molecule has 0 saturated carbocycles. The molecule has 2 unspecified atom stereocenters. The second-order valence-electron chi connectivity index (χ2n) is 4.56. The van der Waals surface area contributed by atoms with Crippen molar-refractivity contribution in [1.82, 2.24) is 5.32 Å². The van der Waals surface area contributed by atoms with Gasteiger partial charge >= 0.3 is 5.97 Å². The van der Waals surface area contributed by atoms with Crippen molar-refractivity contribution in [3.05, 3.63) is 0 Å². The normalized spacial score (nSPS) is 22.9. The van der Waals surface area contributed by atoms with Gasteiger partial charge in [-0.05, 0) is 31.9 Å². The van der Waals surface area contributed by atoms with E-state index in [2.05, 4.69) is 5.32 Å². The maximum atomic E-state index is 12.0.